The summed E-state index contributed by atoms with van der Waals surface area (Å²) in [7, 11) is 1.71. The van der Waals surface area contributed by atoms with Crippen LogP contribution in [0.25, 0.3) is 0 Å². The first-order valence-electron chi connectivity index (χ1n) is 5.56. The Hall–Kier alpha value is -1.22. The van der Waals surface area contributed by atoms with Crippen LogP contribution in [-0.4, -0.2) is 24.9 Å². The van der Waals surface area contributed by atoms with Crippen LogP contribution in [0.5, 0.6) is 5.75 Å². The number of halogens is 1. The van der Waals surface area contributed by atoms with Gasteiger partial charge in [0.15, 0.2) is 0 Å². The van der Waals surface area contributed by atoms with Crippen LogP contribution in [0.1, 0.15) is 19.4 Å². The highest BCUT2D eigenvalue weighted by Crippen LogP contribution is 2.32. The molecule has 0 aliphatic rings. The van der Waals surface area contributed by atoms with E-state index in [0.29, 0.717) is 5.75 Å². The SMILES string of the molecule is Cc1cccc(OC(C)C)c1N(C)C(=O)CCl. The zero-order valence-corrected chi connectivity index (χ0v) is 11.4. The van der Waals surface area contributed by atoms with Gasteiger partial charge in [-0.05, 0) is 32.4 Å². The number of para-hydroxylation sites is 1. The van der Waals surface area contributed by atoms with Gasteiger partial charge in [0.1, 0.15) is 11.6 Å². The quantitative estimate of drug-likeness (QED) is 0.774. The number of nitrogens with zero attached hydrogens (tertiary/aromatic N) is 1. The molecule has 0 spiro atoms. The fourth-order valence-electron chi connectivity index (χ4n) is 1.63. The molecular weight excluding hydrogens is 238 g/mol. The lowest BCUT2D eigenvalue weighted by molar-refractivity contribution is -0.116. The standard InChI is InChI=1S/C13H18ClNO2/c1-9(2)17-11-7-5-6-10(3)13(11)15(4)12(16)8-14/h5-7,9H,8H2,1-4H3. The molecule has 0 aliphatic heterocycles. The molecule has 4 heteroatoms. The summed E-state index contributed by atoms with van der Waals surface area (Å²) < 4.78 is 5.70. The zero-order chi connectivity index (χ0) is 13.0. The molecule has 0 aliphatic carbocycles. The Kier molecular flexibility index (Phi) is 4.82. The summed E-state index contributed by atoms with van der Waals surface area (Å²) in [6.07, 6.45) is 0.0649. The van der Waals surface area contributed by atoms with Gasteiger partial charge in [-0.1, -0.05) is 12.1 Å². The van der Waals surface area contributed by atoms with Crippen LogP contribution in [0, 0.1) is 6.92 Å². The maximum Gasteiger partial charge on any atom is 0.241 e. The van der Waals surface area contributed by atoms with Crippen molar-refractivity contribution in [3.63, 3.8) is 0 Å². The first-order valence-corrected chi connectivity index (χ1v) is 6.09. The monoisotopic (exact) mass is 255 g/mol. The van der Waals surface area contributed by atoms with E-state index in [-0.39, 0.29) is 17.9 Å². The Morgan fingerprint density at radius 1 is 1.47 bits per heavy atom. The number of hydrogen-bond acceptors (Lipinski definition) is 2. The van der Waals surface area contributed by atoms with Gasteiger partial charge in [0.05, 0.1) is 11.8 Å². The molecule has 17 heavy (non-hydrogen) atoms. The van der Waals surface area contributed by atoms with Crippen LogP contribution < -0.4 is 9.64 Å². The lowest BCUT2D eigenvalue weighted by atomic mass is 10.1. The highest BCUT2D eigenvalue weighted by Gasteiger charge is 2.17. The number of benzene rings is 1. The van der Waals surface area contributed by atoms with Crippen LogP contribution in [0.3, 0.4) is 0 Å². The van der Waals surface area contributed by atoms with Gasteiger partial charge in [-0.25, -0.2) is 0 Å². The number of anilines is 1. The third kappa shape index (κ3) is 3.37. The molecule has 94 valence electrons. The molecule has 0 N–H and O–H groups in total. The van der Waals surface area contributed by atoms with Gasteiger partial charge in [-0.2, -0.15) is 0 Å². The first kappa shape index (κ1) is 13.8. The van der Waals surface area contributed by atoms with Gasteiger partial charge in [-0.3, -0.25) is 4.79 Å². The number of ether oxygens (including phenoxy) is 1. The minimum atomic E-state index is -0.144. The van der Waals surface area contributed by atoms with Crippen molar-refractivity contribution in [1.82, 2.24) is 0 Å². The average Bonchev–Trinajstić information content (AvgIpc) is 2.26. The van der Waals surface area contributed by atoms with Crippen molar-refractivity contribution in [3.8, 4) is 5.75 Å². The highest BCUT2D eigenvalue weighted by atomic mass is 35.5. The summed E-state index contributed by atoms with van der Waals surface area (Å²) in [6.45, 7) is 5.85. The van der Waals surface area contributed by atoms with E-state index < -0.39 is 0 Å². The molecule has 1 aromatic rings. The van der Waals surface area contributed by atoms with Crippen molar-refractivity contribution in [2.24, 2.45) is 0 Å². The molecule has 0 unspecified atom stereocenters. The summed E-state index contributed by atoms with van der Waals surface area (Å²) in [4.78, 5) is 13.2. The topological polar surface area (TPSA) is 29.5 Å². The Labute approximate surface area is 107 Å². The molecule has 0 fully saturated rings. The molecular formula is C13H18ClNO2. The van der Waals surface area contributed by atoms with Gasteiger partial charge in [0, 0.05) is 7.05 Å². The van der Waals surface area contributed by atoms with Crippen LogP contribution in [0.2, 0.25) is 0 Å². The summed E-state index contributed by atoms with van der Waals surface area (Å²) in [5.41, 5.74) is 1.77. The van der Waals surface area contributed by atoms with Crippen molar-refractivity contribution in [3.05, 3.63) is 23.8 Å². The van der Waals surface area contributed by atoms with Crippen molar-refractivity contribution in [1.29, 1.82) is 0 Å². The van der Waals surface area contributed by atoms with Crippen molar-refractivity contribution < 1.29 is 9.53 Å². The fourth-order valence-corrected chi connectivity index (χ4v) is 1.80. The second kappa shape index (κ2) is 5.92. The maximum absolute atomic E-state index is 11.6. The summed E-state index contributed by atoms with van der Waals surface area (Å²) in [6, 6.07) is 5.72. The lowest BCUT2D eigenvalue weighted by Gasteiger charge is -2.23. The Balaban J connectivity index is 3.15. The third-order valence-electron chi connectivity index (χ3n) is 2.39. The summed E-state index contributed by atoms with van der Waals surface area (Å²) in [5, 5.41) is 0. The second-order valence-corrected chi connectivity index (χ2v) is 4.44. The minimum absolute atomic E-state index is 0.0358. The van der Waals surface area contributed by atoms with Crippen molar-refractivity contribution >= 4 is 23.2 Å². The van der Waals surface area contributed by atoms with E-state index >= 15 is 0 Å². The predicted molar refractivity (Wildman–Crippen MR) is 71.1 cm³/mol. The normalized spacial score (nSPS) is 10.5. The molecule has 1 aromatic carbocycles. The van der Waals surface area contributed by atoms with E-state index in [4.69, 9.17) is 16.3 Å². The van der Waals surface area contributed by atoms with Gasteiger partial charge in [0.2, 0.25) is 5.91 Å². The first-order chi connectivity index (χ1) is 7.97. The zero-order valence-electron chi connectivity index (χ0n) is 10.7. The highest BCUT2D eigenvalue weighted by molar-refractivity contribution is 6.29. The number of carbonyl (C=O) groups is 1. The molecule has 3 nitrogen and oxygen atoms in total. The smallest absolute Gasteiger partial charge is 0.241 e. The summed E-state index contributed by atoms with van der Waals surface area (Å²) in [5.74, 6) is 0.530. The molecule has 0 atom stereocenters. The molecule has 0 saturated heterocycles. The second-order valence-electron chi connectivity index (χ2n) is 4.17. The van der Waals surface area contributed by atoms with Crippen LogP contribution in [0.15, 0.2) is 18.2 Å². The Morgan fingerprint density at radius 3 is 2.65 bits per heavy atom. The number of aryl methyl sites for hydroxylation is 1. The molecule has 0 saturated carbocycles. The predicted octanol–water partition coefficient (Wildman–Crippen LogP) is 2.98. The molecule has 1 rings (SSSR count). The Morgan fingerprint density at radius 2 is 2.12 bits per heavy atom. The molecule has 1 amide bonds. The van der Waals surface area contributed by atoms with E-state index in [1.54, 1.807) is 11.9 Å². The van der Waals surface area contributed by atoms with Gasteiger partial charge < -0.3 is 9.64 Å². The van der Waals surface area contributed by atoms with Crippen LogP contribution >= 0.6 is 11.6 Å². The number of hydrogen-bond donors (Lipinski definition) is 0. The van der Waals surface area contributed by atoms with E-state index in [1.165, 1.54) is 0 Å². The molecule has 0 heterocycles. The Bertz CT molecular complexity index is 404. The van der Waals surface area contributed by atoms with Gasteiger partial charge >= 0.3 is 0 Å². The van der Waals surface area contributed by atoms with Crippen molar-refractivity contribution in [2.75, 3.05) is 17.8 Å². The summed E-state index contributed by atoms with van der Waals surface area (Å²) >= 11 is 5.58. The van der Waals surface area contributed by atoms with E-state index in [0.717, 1.165) is 11.3 Å². The lowest BCUT2D eigenvalue weighted by Crippen LogP contribution is -2.28. The molecule has 0 radical (unpaired) electrons. The molecule has 0 aromatic heterocycles. The third-order valence-corrected chi connectivity index (χ3v) is 2.62. The molecule has 0 bridgehead atoms. The van der Waals surface area contributed by atoms with Crippen LogP contribution in [0.4, 0.5) is 5.69 Å². The van der Waals surface area contributed by atoms with E-state index in [2.05, 4.69) is 0 Å². The largest absolute Gasteiger partial charge is 0.489 e. The van der Waals surface area contributed by atoms with Crippen LogP contribution in [-0.2, 0) is 4.79 Å². The van der Waals surface area contributed by atoms with Crippen molar-refractivity contribution in [2.45, 2.75) is 26.9 Å². The number of carbonyl (C=O) groups excluding carboxylic acids is 1. The maximum atomic E-state index is 11.6. The number of rotatable bonds is 4. The average molecular weight is 256 g/mol. The van der Waals surface area contributed by atoms with E-state index in [1.807, 2.05) is 39.0 Å². The fraction of sp³-hybridized carbons (Fsp3) is 0.462. The number of alkyl halides is 1. The van der Waals surface area contributed by atoms with Gasteiger partial charge in [-0.15, -0.1) is 11.6 Å². The number of amides is 1. The van der Waals surface area contributed by atoms with Gasteiger partial charge in [0.25, 0.3) is 0 Å². The minimum Gasteiger partial charge on any atom is -0.489 e. The van der Waals surface area contributed by atoms with E-state index in [9.17, 15) is 4.79 Å².